The molecule has 0 saturated carbocycles. The summed E-state index contributed by atoms with van der Waals surface area (Å²) in [6.45, 7) is 2.42. The Kier molecular flexibility index (Phi) is 6.11. The number of carbonyl (C=O) groups excluding carboxylic acids is 1. The number of aryl methyl sites for hydroxylation is 1. The van der Waals surface area contributed by atoms with Crippen LogP contribution in [0.4, 0.5) is 0 Å². The van der Waals surface area contributed by atoms with Crippen molar-refractivity contribution in [1.29, 1.82) is 0 Å². The Morgan fingerprint density at radius 2 is 2.44 bits per heavy atom. The molecule has 16 heavy (non-hydrogen) atoms. The summed E-state index contributed by atoms with van der Waals surface area (Å²) in [7, 11) is 0. The van der Waals surface area contributed by atoms with Crippen molar-refractivity contribution < 1.29 is 9.90 Å². The van der Waals surface area contributed by atoms with Gasteiger partial charge in [-0.15, -0.1) is 11.3 Å². The van der Waals surface area contributed by atoms with Gasteiger partial charge in [-0.2, -0.15) is 0 Å². The first-order valence-corrected chi connectivity index (χ1v) is 6.53. The lowest BCUT2D eigenvalue weighted by Crippen LogP contribution is -2.25. The van der Waals surface area contributed by atoms with Gasteiger partial charge in [0.05, 0.1) is 6.10 Å². The van der Waals surface area contributed by atoms with Crippen LogP contribution in [0.25, 0.3) is 0 Å². The predicted octanol–water partition coefficient (Wildman–Crippen LogP) is 1.96. The highest BCUT2D eigenvalue weighted by Gasteiger charge is 2.02. The number of amides is 1. The summed E-state index contributed by atoms with van der Waals surface area (Å²) in [5.74, 6) is 0.0963. The first kappa shape index (κ1) is 13.2. The molecule has 1 aromatic rings. The molecule has 1 atom stereocenters. The van der Waals surface area contributed by atoms with Crippen LogP contribution in [-0.4, -0.2) is 23.7 Å². The van der Waals surface area contributed by atoms with E-state index in [4.69, 9.17) is 5.11 Å². The van der Waals surface area contributed by atoms with Crippen LogP contribution in [0.5, 0.6) is 0 Å². The summed E-state index contributed by atoms with van der Waals surface area (Å²) in [6, 6.07) is 4.05. The number of nitrogens with one attached hydrogen (secondary N) is 1. The smallest absolute Gasteiger partial charge is 0.220 e. The maximum absolute atomic E-state index is 11.4. The molecule has 1 aromatic heterocycles. The molecule has 1 heterocycles. The van der Waals surface area contributed by atoms with E-state index < -0.39 is 0 Å². The zero-order valence-electron chi connectivity index (χ0n) is 9.61. The van der Waals surface area contributed by atoms with Crippen molar-refractivity contribution in [3.63, 3.8) is 0 Å². The van der Waals surface area contributed by atoms with E-state index in [1.54, 1.807) is 18.3 Å². The topological polar surface area (TPSA) is 49.3 Å². The van der Waals surface area contributed by atoms with Crippen LogP contribution >= 0.6 is 11.3 Å². The third kappa shape index (κ3) is 5.88. The van der Waals surface area contributed by atoms with Crippen molar-refractivity contribution >= 4 is 17.2 Å². The highest BCUT2D eigenvalue weighted by molar-refractivity contribution is 7.09. The molecule has 1 rings (SSSR count). The molecule has 0 fully saturated rings. The number of rotatable bonds is 7. The van der Waals surface area contributed by atoms with E-state index in [1.807, 2.05) is 17.5 Å². The van der Waals surface area contributed by atoms with E-state index in [9.17, 15) is 4.79 Å². The van der Waals surface area contributed by atoms with Crippen molar-refractivity contribution in [2.45, 2.75) is 38.7 Å². The third-order valence-electron chi connectivity index (χ3n) is 2.30. The standard InChI is InChI=1S/C12H19NO2S/c1-10(14)4-2-8-13-12(15)7-6-11-5-3-9-16-11/h3,5,9-10,14H,2,4,6-8H2,1H3,(H,13,15). The van der Waals surface area contributed by atoms with Gasteiger partial charge in [-0.25, -0.2) is 0 Å². The molecule has 3 nitrogen and oxygen atoms in total. The average molecular weight is 241 g/mol. The second-order valence-corrected chi connectivity index (χ2v) is 4.95. The van der Waals surface area contributed by atoms with Gasteiger partial charge < -0.3 is 10.4 Å². The Morgan fingerprint density at radius 1 is 1.62 bits per heavy atom. The molecular formula is C12H19NO2S. The summed E-state index contributed by atoms with van der Waals surface area (Å²) in [4.78, 5) is 12.7. The quantitative estimate of drug-likeness (QED) is 0.717. The van der Waals surface area contributed by atoms with Crippen LogP contribution in [0, 0.1) is 0 Å². The Morgan fingerprint density at radius 3 is 3.06 bits per heavy atom. The fourth-order valence-corrected chi connectivity index (χ4v) is 2.11. The monoisotopic (exact) mass is 241 g/mol. The van der Waals surface area contributed by atoms with Crippen molar-refractivity contribution in [3.8, 4) is 0 Å². The summed E-state index contributed by atoms with van der Waals surface area (Å²) in [6.07, 6.45) is 2.67. The predicted molar refractivity (Wildman–Crippen MR) is 66.6 cm³/mol. The van der Waals surface area contributed by atoms with Crippen LogP contribution in [0.1, 0.15) is 31.1 Å². The SMILES string of the molecule is CC(O)CCCNC(=O)CCc1cccs1. The molecule has 1 unspecified atom stereocenters. The zero-order valence-corrected chi connectivity index (χ0v) is 10.4. The molecule has 0 radical (unpaired) electrons. The summed E-state index contributed by atoms with van der Waals surface area (Å²) < 4.78 is 0. The molecule has 0 spiro atoms. The third-order valence-corrected chi connectivity index (χ3v) is 3.24. The summed E-state index contributed by atoms with van der Waals surface area (Å²) in [5.41, 5.74) is 0. The Balaban J connectivity index is 2.03. The van der Waals surface area contributed by atoms with Crippen LogP contribution in [0.3, 0.4) is 0 Å². The number of aliphatic hydroxyl groups is 1. The van der Waals surface area contributed by atoms with Gasteiger partial charge in [0.15, 0.2) is 0 Å². The molecule has 4 heteroatoms. The number of carbonyl (C=O) groups is 1. The van der Waals surface area contributed by atoms with Gasteiger partial charge in [-0.1, -0.05) is 6.07 Å². The number of hydrogen-bond acceptors (Lipinski definition) is 3. The zero-order chi connectivity index (χ0) is 11.8. The Hall–Kier alpha value is -0.870. The van der Waals surface area contributed by atoms with E-state index >= 15 is 0 Å². The minimum atomic E-state index is -0.275. The average Bonchev–Trinajstić information content (AvgIpc) is 2.74. The molecule has 0 bridgehead atoms. The number of thiophene rings is 1. The van der Waals surface area contributed by atoms with Gasteiger partial charge in [0, 0.05) is 17.8 Å². The van der Waals surface area contributed by atoms with Gasteiger partial charge in [0.2, 0.25) is 5.91 Å². The summed E-state index contributed by atoms with van der Waals surface area (Å²) in [5, 5.41) is 13.9. The first-order valence-electron chi connectivity index (χ1n) is 5.65. The molecule has 1 amide bonds. The lowest BCUT2D eigenvalue weighted by molar-refractivity contribution is -0.121. The van der Waals surface area contributed by atoms with Crippen molar-refractivity contribution in [2.24, 2.45) is 0 Å². The van der Waals surface area contributed by atoms with E-state index in [2.05, 4.69) is 5.32 Å². The molecule has 0 aliphatic rings. The van der Waals surface area contributed by atoms with Crippen LogP contribution in [0.2, 0.25) is 0 Å². The van der Waals surface area contributed by atoms with E-state index in [1.165, 1.54) is 4.88 Å². The molecule has 0 aromatic carbocycles. The van der Waals surface area contributed by atoms with E-state index in [0.29, 0.717) is 13.0 Å². The lowest BCUT2D eigenvalue weighted by Gasteiger charge is -2.05. The van der Waals surface area contributed by atoms with E-state index in [-0.39, 0.29) is 12.0 Å². The maximum atomic E-state index is 11.4. The minimum Gasteiger partial charge on any atom is -0.393 e. The second-order valence-electron chi connectivity index (χ2n) is 3.92. The number of aliphatic hydroxyl groups excluding tert-OH is 1. The van der Waals surface area contributed by atoms with Crippen LogP contribution in [-0.2, 0) is 11.2 Å². The van der Waals surface area contributed by atoms with Gasteiger partial charge in [0.25, 0.3) is 0 Å². The first-order chi connectivity index (χ1) is 7.68. The van der Waals surface area contributed by atoms with Crippen LogP contribution in [0.15, 0.2) is 17.5 Å². The van der Waals surface area contributed by atoms with Crippen LogP contribution < -0.4 is 5.32 Å². The van der Waals surface area contributed by atoms with Gasteiger partial charge in [0.1, 0.15) is 0 Å². The molecule has 90 valence electrons. The number of hydrogen-bond donors (Lipinski definition) is 2. The largest absolute Gasteiger partial charge is 0.393 e. The Labute approximate surface area is 100 Å². The van der Waals surface area contributed by atoms with E-state index in [0.717, 1.165) is 19.3 Å². The van der Waals surface area contributed by atoms with Gasteiger partial charge in [-0.05, 0) is 37.6 Å². The summed E-state index contributed by atoms with van der Waals surface area (Å²) >= 11 is 1.68. The normalized spacial score (nSPS) is 12.4. The van der Waals surface area contributed by atoms with Gasteiger partial charge >= 0.3 is 0 Å². The molecule has 0 saturated heterocycles. The van der Waals surface area contributed by atoms with Crippen molar-refractivity contribution in [3.05, 3.63) is 22.4 Å². The minimum absolute atomic E-state index is 0.0963. The molecule has 0 aliphatic heterocycles. The fourth-order valence-electron chi connectivity index (χ4n) is 1.41. The van der Waals surface area contributed by atoms with Crippen molar-refractivity contribution in [2.75, 3.05) is 6.54 Å². The lowest BCUT2D eigenvalue weighted by atomic mass is 10.2. The maximum Gasteiger partial charge on any atom is 0.220 e. The highest BCUT2D eigenvalue weighted by atomic mass is 32.1. The molecular weight excluding hydrogens is 222 g/mol. The highest BCUT2D eigenvalue weighted by Crippen LogP contribution is 2.10. The molecule has 2 N–H and O–H groups in total. The fraction of sp³-hybridized carbons (Fsp3) is 0.583. The Bertz CT molecular complexity index is 296. The van der Waals surface area contributed by atoms with Gasteiger partial charge in [-0.3, -0.25) is 4.79 Å². The second kappa shape index (κ2) is 7.41. The van der Waals surface area contributed by atoms with Crippen molar-refractivity contribution in [1.82, 2.24) is 5.32 Å². The molecule has 0 aliphatic carbocycles.